The van der Waals surface area contributed by atoms with Gasteiger partial charge in [-0.1, -0.05) is 150 Å². The van der Waals surface area contributed by atoms with Crippen LogP contribution in [0.5, 0.6) is 0 Å². The van der Waals surface area contributed by atoms with Gasteiger partial charge in [-0.25, -0.2) is 9.13 Å². The first-order valence-corrected chi connectivity index (χ1v) is 23.0. The molecule has 1 unspecified atom stereocenters. The minimum Gasteiger partial charge on any atom is -0.462 e. The summed E-state index contributed by atoms with van der Waals surface area (Å²) in [4.78, 5) is 52.5. The van der Waals surface area contributed by atoms with E-state index in [2.05, 4.69) is 36.7 Å². The van der Waals surface area contributed by atoms with Crippen molar-refractivity contribution in [2.45, 2.75) is 188 Å². The number of aliphatic hydroxyl groups excluding tert-OH is 1. The zero-order valence-electron chi connectivity index (χ0n) is 32.8. The van der Waals surface area contributed by atoms with E-state index in [4.69, 9.17) is 23.8 Å². The van der Waals surface area contributed by atoms with Crippen molar-refractivity contribution in [3.05, 3.63) is 0 Å². The molecule has 0 spiro atoms. The average Bonchev–Trinajstić information content (AvgIpc) is 3.06. The smallest absolute Gasteiger partial charge is 0.462 e. The molecule has 0 aliphatic rings. The van der Waals surface area contributed by atoms with E-state index in [9.17, 15) is 28.7 Å². The monoisotopic (exact) mass is 788 g/mol. The van der Waals surface area contributed by atoms with Crippen molar-refractivity contribution in [3.8, 4) is 0 Å². The van der Waals surface area contributed by atoms with Gasteiger partial charge in [-0.2, -0.15) is 0 Å². The van der Waals surface area contributed by atoms with Gasteiger partial charge in [0.15, 0.2) is 6.10 Å². The summed E-state index contributed by atoms with van der Waals surface area (Å²) in [6, 6.07) is 0. The standard InChI is InChI=1S/C37H74O13P2/c1-32(2)24-20-16-12-8-6-5-7-9-15-19-23-27-37(40)50-35(31-49-52(44,45)48-29-34(38)28-47-51(41,42)43)30-46-36(39)26-22-18-14-11-10-13-17-21-25-33(3)4/h32-35,38H,5-31H2,1-4H3,(H,44,45)(H2,41,42,43)/t34-,35+/m0/s1. The summed E-state index contributed by atoms with van der Waals surface area (Å²) in [5, 5.41) is 9.71. The van der Waals surface area contributed by atoms with Crippen LogP contribution in [0.3, 0.4) is 0 Å². The van der Waals surface area contributed by atoms with Gasteiger partial charge in [0.25, 0.3) is 0 Å². The minimum atomic E-state index is -4.85. The Kier molecular flexibility index (Phi) is 31.8. The summed E-state index contributed by atoms with van der Waals surface area (Å²) in [5.74, 6) is 0.503. The van der Waals surface area contributed by atoms with Gasteiger partial charge in [0.1, 0.15) is 12.7 Å². The summed E-state index contributed by atoms with van der Waals surface area (Å²) >= 11 is 0. The molecule has 0 aliphatic heterocycles. The Hall–Kier alpha value is -0.880. The lowest BCUT2D eigenvalue weighted by atomic mass is 10.0. The summed E-state index contributed by atoms with van der Waals surface area (Å²) in [6.07, 6.45) is 21.3. The largest absolute Gasteiger partial charge is 0.472 e. The molecule has 0 bridgehead atoms. The molecule has 15 heteroatoms. The van der Waals surface area contributed by atoms with Crippen molar-refractivity contribution in [3.63, 3.8) is 0 Å². The van der Waals surface area contributed by atoms with E-state index in [1.54, 1.807) is 0 Å². The SMILES string of the molecule is CC(C)CCCCCCCCCCCCCC(=O)O[C@H](COC(=O)CCCCCCCCCCC(C)C)COP(=O)(O)OC[C@@H](O)COP(=O)(O)O. The van der Waals surface area contributed by atoms with Gasteiger partial charge < -0.3 is 29.3 Å². The molecule has 52 heavy (non-hydrogen) atoms. The molecule has 0 saturated carbocycles. The van der Waals surface area contributed by atoms with E-state index >= 15 is 0 Å². The van der Waals surface area contributed by atoms with Gasteiger partial charge in [-0.15, -0.1) is 0 Å². The number of hydrogen-bond acceptors (Lipinski definition) is 10. The van der Waals surface area contributed by atoms with Crippen molar-refractivity contribution < 1.29 is 61.6 Å². The van der Waals surface area contributed by atoms with Gasteiger partial charge in [0, 0.05) is 12.8 Å². The van der Waals surface area contributed by atoms with Gasteiger partial charge in [0.05, 0.1) is 19.8 Å². The average molecular weight is 789 g/mol. The second-order valence-corrected chi connectivity index (χ2v) is 17.6. The molecule has 0 aromatic rings. The van der Waals surface area contributed by atoms with Crippen molar-refractivity contribution in [2.24, 2.45) is 11.8 Å². The second kappa shape index (κ2) is 32.4. The van der Waals surface area contributed by atoms with Crippen molar-refractivity contribution in [1.29, 1.82) is 0 Å². The van der Waals surface area contributed by atoms with Crippen LogP contribution in [0.25, 0.3) is 0 Å². The lowest BCUT2D eigenvalue weighted by Crippen LogP contribution is -2.30. The number of phosphoric acid groups is 2. The predicted octanol–water partition coefficient (Wildman–Crippen LogP) is 9.33. The highest BCUT2D eigenvalue weighted by atomic mass is 31.2. The third-order valence-corrected chi connectivity index (χ3v) is 10.0. The fourth-order valence-electron chi connectivity index (χ4n) is 5.54. The van der Waals surface area contributed by atoms with Crippen LogP contribution in [0.4, 0.5) is 0 Å². The summed E-state index contributed by atoms with van der Waals surface area (Å²) in [5.41, 5.74) is 0. The van der Waals surface area contributed by atoms with Gasteiger partial charge in [0.2, 0.25) is 0 Å². The molecule has 0 aromatic carbocycles. The van der Waals surface area contributed by atoms with Crippen LogP contribution in [0.2, 0.25) is 0 Å². The highest BCUT2D eigenvalue weighted by Gasteiger charge is 2.28. The van der Waals surface area contributed by atoms with Crippen LogP contribution in [0.15, 0.2) is 0 Å². The number of phosphoric ester groups is 2. The first-order chi connectivity index (χ1) is 24.6. The Bertz CT molecular complexity index is 973. The molecular formula is C37H74O13P2. The predicted molar refractivity (Wildman–Crippen MR) is 202 cm³/mol. The minimum absolute atomic E-state index is 0.137. The Balaban J connectivity index is 4.55. The number of ether oxygens (including phenoxy) is 2. The lowest BCUT2D eigenvalue weighted by Gasteiger charge is -2.20. The zero-order valence-corrected chi connectivity index (χ0v) is 34.5. The van der Waals surface area contributed by atoms with E-state index in [0.717, 1.165) is 50.4 Å². The fraction of sp³-hybridized carbons (Fsp3) is 0.946. The van der Waals surface area contributed by atoms with Crippen LogP contribution in [-0.2, 0) is 41.8 Å². The molecule has 0 radical (unpaired) electrons. The van der Waals surface area contributed by atoms with E-state index in [1.165, 1.54) is 83.5 Å². The normalized spacial score (nSPS) is 14.4. The van der Waals surface area contributed by atoms with Gasteiger partial charge in [-0.3, -0.25) is 23.2 Å². The molecule has 4 N–H and O–H groups in total. The van der Waals surface area contributed by atoms with Crippen LogP contribution >= 0.6 is 15.6 Å². The number of rotatable bonds is 37. The molecule has 0 amide bonds. The first kappa shape index (κ1) is 51.1. The summed E-state index contributed by atoms with van der Waals surface area (Å²) in [7, 11) is -9.65. The maximum atomic E-state index is 12.6. The quantitative estimate of drug-likeness (QED) is 0.0264. The van der Waals surface area contributed by atoms with Crippen LogP contribution < -0.4 is 0 Å². The Morgan fingerprint density at radius 3 is 1.29 bits per heavy atom. The second-order valence-electron chi connectivity index (χ2n) is 14.9. The molecule has 0 rings (SSSR count). The molecule has 0 aliphatic carbocycles. The molecule has 0 saturated heterocycles. The molecular weight excluding hydrogens is 714 g/mol. The lowest BCUT2D eigenvalue weighted by molar-refractivity contribution is -0.161. The molecule has 0 aromatic heterocycles. The third kappa shape index (κ3) is 37.4. The Labute approximate surface area is 314 Å². The molecule has 0 fully saturated rings. The molecule has 13 nitrogen and oxygen atoms in total. The molecule has 0 heterocycles. The molecule has 310 valence electrons. The summed E-state index contributed by atoms with van der Waals surface area (Å²) in [6.45, 7) is 6.33. The fourth-order valence-corrected chi connectivity index (χ4v) is 6.70. The topological polar surface area (TPSA) is 195 Å². The summed E-state index contributed by atoms with van der Waals surface area (Å²) < 4.78 is 47.6. The van der Waals surface area contributed by atoms with E-state index < -0.39 is 59.6 Å². The van der Waals surface area contributed by atoms with Gasteiger partial charge >= 0.3 is 27.6 Å². The zero-order chi connectivity index (χ0) is 39.1. The van der Waals surface area contributed by atoms with Crippen molar-refractivity contribution in [1.82, 2.24) is 0 Å². The number of carbonyl (C=O) groups excluding carboxylic acids is 2. The van der Waals surface area contributed by atoms with Gasteiger partial charge in [-0.05, 0) is 24.7 Å². The Morgan fingerprint density at radius 1 is 0.500 bits per heavy atom. The van der Waals surface area contributed by atoms with E-state index in [0.29, 0.717) is 12.8 Å². The number of aliphatic hydroxyl groups is 1. The van der Waals surface area contributed by atoms with Crippen molar-refractivity contribution in [2.75, 3.05) is 26.4 Å². The maximum Gasteiger partial charge on any atom is 0.472 e. The third-order valence-electron chi connectivity index (χ3n) is 8.59. The highest BCUT2D eigenvalue weighted by molar-refractivity contribution is 7.47. The number of unbranched alkanes of at least 4 members (excludes halogenated alkanes) is 17. The highest BCUT2D eigenvalue weighted by Crippen LogP contribution is 2.43. The van der Waals surface area contributed by atoms with E-state index in [1.807, 2.05) is 0 Å². The van der Waals surface area contributed by atoms with Crippen molar-refractivity contribution >= 4 is 27.6 Å². The molecule has 3 atom stereocenters. The van der Waals surface area contributed by atoms with Crippen LogP contribution in [-0.4, -0.2) is 70.4 Å². The number of carbonyl (C=O) groups is 2. The number of hydrogen-bond donors (Lipinski definition) is 4. The Morgan fingerprint density at radius 2 is 0.865 bits per heavy atom. The van der Waals surface area contributed by atoms with Crippen LogP contribution in [0.1, 0.15) is 175 Å². The van der Waals surface area contributed by atoms with Crippen LogP contribution in [0, 0.1) is 11.8 Å². The van der Waals surface area contributed by atoms with E-state index in [-0.39, 0.29) is 19.4 Å². The number of esters is 2. The first-order valence-electron chi connectivity index (χ1n) is 19.9. The maximum absolute atomic E-state index is 12.6.